The van der Waals surface area contributed by atoms with Gasteiger partial charge in [0.1, 0.15) is 11.9 Å². The van der Waals surface area contributed by atoms with Gasteiger partial charge in [-0.05, 0) is 24.3 Å². The second kappa shape index (κ2) is 8.21. The molecule has 0 saturated carbocycles. The number of methoxy groups -OCH3 is 1. The van der Waals surface area contributed by atoms with Crippen LogP contribution in [0.25, 0.3) is 0 Å². The Labute approximate surface area is 152 Å². The molecule has 0 N–H and O–H groups in total. The summed E-state index contributed by atoms with van der Waals surface area (Å²) in [6, 6.07) is 12.9. The number of anilines is 1. The highest BCUT2D eigenvalue weighted by Crippen LogP contribution is 2.25. The molecule has 0 spiro atoms. The van der Waals surface area contributed by atoms with E-state index in [9.17, 15) is 4.79 Å². The molecule has 1 aromatic carbocycles. The predicted molar refractivity (Wildman–Crippen MR) is 96.2 cm³/mol. The van der Waals surface area contributed by atoms with Crippen LogP contribution in [0.1, 0.15) is 5.56 Å². The fourth-order valence-corrected chi connectivity index (χ4v) is 2.79. The second-order valence-corrected chi connectivity index (χ2v) is 5.82. The average molecular weight is 352 g/mol. The fraction of sp³-hybridized carbons (Fsp3) is 0.316. The van der Waals surface area contributed by atoms with Crippen LogP contribution in [0.4, 0.5) is 5.82 Å². The third-order valence-electron chi connectivity index (χ3n) is 4.25. The SMILES string of the molecule is COc1ccccc1OCC(=O)N1CCN(c2ccc(C#N)cn2)CC1. The fourth-order valence-electron chi connectivity index (χ4n) is 2.79. The van der Waals surface area contributed by atoms with E-state index in [2.05, 4.69) is 16.0 Å². The monoisotopic (exact) mass is 352 g/mol. The van der Waals surface area contributed by atoms with Crippen molar-refractivity contribution in [1.29, 1.82) is 5.26 Å². The largest absolute Gasteiger partial charge is 0.493 e. The molecule has 134 valence electrons. The van der Waals surface area contributed by atoms with Crippen LogP contribution in [0.2, 0.25) is 0 Å². The van der Waals surface area contributed by atoms with E-state index in [-0.39, 0.29) is 12.5 Å². The van der Waals surface area contributed by atoms with Crippen LogP contribution in [0.5, 0.6) is 11.5 Å². The zero-order valence-corrected chi connectivity index (χ0v) is 14.6. The molecule has 1 aliphatic rings. The number of para-hydroxylation sites is 2. The van der Waals surface area contributed by atoms with Crippen molar-refractivity contribution in [3.05, 3.63) is 48.2 Å². The number of hydrogen-bond donors (Lipinski definition) is 0. The first-order valence-electron chi connectivity index (χ1n) is 8.36. The molecule has 7 nitrogen and oxygen atoms in total. The number of carbonyl (C=O) groups excluding carboxylic acids is 1. The van der Waals surface area contributed by atoms with Crippen molar-refractivity contribution in [3.8, 4) is 17.6 Å². The summed E-state index contributed by atoms with van der Waals surface area (Å²) in [5.41, 5.74) is 0.538. The molecule has 7 heteroatoms. The van der Waals surface area contributed by atoms with Crippen LogP contribution >= 0.6 is 0 Å². The summed E-state index contributed by atoms with van der Waals surface area (Å²) in [5, 5.41) is 8.83. The lowest BCUT2D eigenvalue weighted by molar-refractivity contribution is -0.133. The first-order valence-corrected chi connectivity index (χ1v) is 8.36. The highest BCUT2D eigenvalue weighted by Gasteiger charge is 2.22. The summed E-state index contributed by atoms with van der Waals surface area (Å²) in [6.07, 6.45) is 1.56. The van der Waals surface area contributed by atoms with Crippen LogP contribution in [0.15, 0.2) is 42.6 Å². The number of benzene rings is 1. The first kappa shape index (κ1) is 17.5. The minimum Gasteiger partial charge on any atom is -0.493 e. The van der Waals surface area contributed by atoms with Crippen LogP contribution < -0.4 is 14.4 Å². The summed E-state index contributed by atoms with van der Waals surface area (Å²) in [4.78, 5) is 20.6. The summed E-state index contributed by atoms with van der Waals surface area (Å²) in [7, 11) is 1.57. The Hall–Kier alpha value is -3.27. The molecule has 0 bridgehead atoms. The number of piperazine rings is 1. The minimum atomic E-state index is -0.0525. The number of aromatic nitrogens is 1. The van der Waals surface area contributed by atoms with E-state index < -0.39 is 0 Å². The van der Waals surface area contributed by atoms with Crippen molar-refractivity contribution in [2.75, 3.05) is 44.8 Å². The van der Waals surface area contributed by atoms with E-state index >= 15 is 0 Å². The molecule has 3 rings (SSSR count). The second-order valence-electron chi connectivity index (χ2n) is 5.82. The number of ether oxygens (including phenoxy) is 2. The molecule has 0 unspecified atom stereocenters. The smallest absolute Gasteiger partial charge is 0.260 e. The molecule has 1 fully saturated rings. The van der Waals surface area contributed by atoms with Gasteiger partial charge in [-0.3, -0.25) is 4.79 Å². The third kappa shape index (κ3) is 4.03. The van der Waals surface area contributed by atoms with Gasteiger partial charge in [0.25, 0.3) is 5.91 Å². The van der Waals surface area contributed by atoms with E-state index in [1.54, 1.807) is 36.4 Å². The predicted octanol–water partition coefficient (Wildman–Crippen LogP) is 1.69. The molecule has 1 saturated heterocycles. The van der Waals surface area contributed by atoms with Crippen molar-refractivity contribution >= 4 is 11.7 Å². The van der Waals surface area contributed by atoms with Gasteiger partial charge in [0, 0.05) is 32.4 Å². The standard InChI is InChI=1S/C19H20N4O3/c1-25-16-4-2-3-5-17(16)26-14-19(24)23-10-8-22(9-11-23)18-7-6-15(12-20)13-21-18/h2-7,13H,8-11,14H2,1H3. The van der Waals surface area contributed by atoms with Gasteiger partial charge in [-0.2, -0.15) is 5.26 Å². The quantitative estimate of drug-likeness (QED) is 0.815. The Morgan fingerprint density at radius 1 is 1.15 bits per heavy atom. The molecular weight excluding hydrogens is 332 g/mol. The van der Waals surface area contributed by atoms with Crippen molar-refractivity contribution in [2.24, 2.45) is 0 Å². The first-order chi connectivity index (χ1) is 12.7. The maximum atomic E-state index is 12.4. The molecule has 1 aromatic heterocycles. The van der Waals surface area contributed by atoms with E-state index in [1.807, 2.05) is 18.2 Å². The highest BCUT2D eigenvalue weighted by molar-refractivity contribution is 5.78. The Bertz CT molecular complexity index is 793. The zero-order chi connectivity index (χ0) is 18.4. The van der Waals surface area contributed by atoms with Gasteiger partial charge in [0.05, 0.1) is 12.7 Å². The average Bonchev–Trinajstić information content (AvgIpc) is 2.72. The van der Waals surface area contributed by atoms with Gasteiger partial charge in [0.15, 0.2) is 18.1 Å². The number of hydrogen-bond acceptors (Lipinski definition) is 6. The maximum absolute atomic E-state index is 12.4. The van der Waals surface area contributed by atoms with Crippen LogP contribution in [-0.2, 0) is 4.79 Å². The van der Waals surface area contributed by atoms with Crippen LogP contribution in [-0.4, -0.2) is 55.7 Å². The maximum Gasteiger partial charge on any atom is 0.260 e. The zero-order valence-electron chi connectivity index (χ0n) is 14.6. The number of rotatable bonds is 5. The lowest BCUT2D eigenvalue weighted by Crippen LogP contribution is -2.50. The molecular formula is C19H20N4O3. The molecule has 1 aliphatic heterocycles. The number of amides is 1. The Morgan fingerprint density at radius 3 is 2.50 bits per heavy atom. The van der Waals surface area contributed by atoms with Crippen molar-refractivity contribution < 1.29 is 14.3 Å². The van der Waals surface area contributed by atoms with E-state index in [1.165, 1.54) is 0 Å². The topological polar surface area (TPSA) is 78.7 Å². The molecule has 2 aromatic rings. The summed E-state index contributed by atoms with van der Waals surface area (Å²) >= 11 is 0. The van der Waals surface area contributed by atoms with E-state index in [0.29, 0.717) is 43.2 Å². The number of nitriles is 1. The minimum absolute atomic E-state index is 0.0184. The molecule has 0 radical (unpaired) electrons. The molecule has 1 amide bonds. The molecule has 0 atom stereocenters. The highest BCUT2D eigenvalue weighted by atomic mass is 16.5. The third-order valence-corrected chi connectivity index (χ3v) is 4.25. The van der Waals surface area contributed by atoms with E-state index in [4.69, 9.17) is 14.7 Å². The Balaban J connectivity index is 1.51. The van der Waals surface area contributed by atoms with Crippen LogP contribution in [0.3, 0.4) is 0 Å². The number of carbonyl (C=O) groups is 1. The summed E-state index contributed by atoms with van der Waals surface area (Å²) < 4.78 is 10.8. The lowest BCUT2D eigenvalue weighted by Gasteiger charge is -2.35. The van der Waals surface area contributed by atoms with Gasteiger partial charge in [0.2, 0.25) is 0 Å². The van der Waals surface area contributed by atoms with Gasteiger partial charge in [-0.25, -0.2) is 4.98 Å². The van der Waals surface area contributed by atoms with Gasteiger partial charge >= 0.3 is 0 Å². The van der Waals surface area contributed by atoms with Gasteiger partial charge in [-0.15, -0.1) is 0 Å². The van der Waals surface area contributed by atoms with Crippen LogP contribution in [0, 0.1) is 11.3 Å². The van der Waals surface area contributed by atoms with Crippen molar-refractivity contribution in [3.63, 3.8) is 0 Å². The normalized spacial score (nSPS) is 13.8. The van der Waals surface area contributed by atoms with Crippen molar-refractivity contribution in [1.82, 2.24) is 9.88 Å². The Kier molecular flexibility index (Phi) is 5.54. The van der Waals surface area contributed by atoms with Gasteiger partial charge in [-0.1, -0.05) is 12.1 Å². The van der Waals surface area contributed by atoms with Gasteiger partial charge < -0.3 is 19.3 Å². The molecule has 2 heterocycles. The van der Waals surface area contributed by atoms with Crippen molar-refractivity contribution in [2.45, 2.75) is 0 Å². The summed E-state index contributed by atoms with van der Waals surface area (Å²) in [6.45, 7) is 2.58. The summed E-state index contributed by atoms with van der Waals surface area (Å²) in [5.74, 6) is 1.94. The number of pyridine rings is 1. The lowest BCUT2D eigenvalue weighted by atomic mass is 10.2. The number of nitrogens with zero attached hydrogens (tertiary/aromatic N) is 4. The molecule has 0 aliphatic carbocycles. The molecule has 26 heavy (non-hydrogen) atoms. The Morgan fingerprint density at radius 2 is 1.88 bits per heavy atom. The van der Waals surface area contributed by atoms with E-state index in [0.717, 1.165) is 5.82 Å².